The zero-order valence-electron chi connectivity index (χ0n) is 11.4. The second-order valence-corrected chi connectivity index (χ2v) is 4.76. The Labute approximate surface area is 118 Å². The van der Waals surface area contributed by atoms with Gasteiger partial charge in [0.2, 0.25) is 5.91 Å². The zero-order valence-corrected chi connectivity index (χ0v) is 11.4. The molecular weight excluding hydrogens is 252 g/mol. The van der Waals surface area contributed by atoms with Gasteiger partial charge in [0.15, 0.2) is 0 Å². The molecule has 0 aliphatic carbocycles. The lowest BCUT2D eigenvalue weighted by Gasteiger charge is -2.22. The summed E-state index contributed by atoms with van der Waals surface area (Å²) in [6.07, 6.45) is 1.72. The van der Waals surface area contributed by atoms with E-state index in [0.29, 0.717) is 12.2 Å². The number of benzene rings is 1. The van der Waals surface area contributed by atoms with Crippen LogP contribution in [0.3, 0.4) is 0 Å². The van der Waals surface area contributed by atoms with Crippen LogP contribution in [0.25, 0.3) is 0 Å². The molecule has 0 saturated carbocycles. The lowest BCUT2D eigenvalue weighted by atomic mass is 10.2. The highest BCUT2D eigenvalue weighted by molar-refractivity contribution is 5.79. The number of nitrogens with two attached hydrogens (primary N) is 2. The summed E-state index contributed by atoms with van der Waals surface area (Å²) in [5.74, 6) is 0.337. The maximum absolute atomic E-state index is 11.3. The van der Waals surface area contributed by atoms with Crippen LogP contribution >= 0.6 is 0 Å². The highest BCUT2D eigenvalue weighted by Crippen LogP contribution is 2.16. The fourth-order valence-electron chi connectivity index (χ4n) is 2.01. The number of nitrogen functional groups attached to an aromatic ring is 1. The van der Waals surface area contributed by atoms with E-state index in [2.05, 4.69) is 4.98 Å². The van der Waals surface area contributed by atoms with E-state index in [0.717, 1.165) is 16.9 Å². The van der Waals surface area contributed by atoms with Crippen molar-refractivity contribution in [3.05, 3.63) is 53.7 Å². The number of amides is 1. The largest absolute Gasteiger partial charge is 0.399 e. The standard InChI is InChI=1S/C15H18N4O/c1-11-5-6-18-15(7-11)19(10-14(17)20)9-12-3-2-4-13(16)8-12/h2-8H,9-10,16H2,1H3,(H2,17,20). The number of hydrogen-bond donors (Lipinski definition) is 2. The normalized spacial score (nSPS) is 10.2. The highest BCUT2D eigenvalue weighted by atomic mass is 16.1. The molecule has 0 aliphatic rings. The van der Waals surface area contributed by atoms with Gasteiger partial charge in [-0.05, 0) is 42.3 Å². The molecule has 2 rings (SSSR count). The van der Waals surface area contributed by atoms with Crippen LogP contribution in [0.5, 0.6) is 0 Å². The summed E-state index contributed by atoms with van der Waals surface area (Å²) in [4.78, 5) is 17.4. The van der Waals surface area contributed by atoms with Crippen molar-refractivity contribution in [3.63, 3.8) is 0 Å². The SMILES string of the molecule is Cc1ccnc(N(CC(N)=O)Cc2cccc(N)c2)c1. The van der Waals surface area contributed by atoms with E-state index in [1.807, 2.05) is 48.2 Å². The van der Waals surface area contributed by atoms with Crippen LogP contribution in [-0.2, 0) is 11.3 Å². The van der Waals surface area contributed by atoms with Crippen LogP contribution in [0.1, 0.15) is 11.1 Å². The number of pyridine rings is 1. The molecule has 5 heteroatoms. The first kappa shape index (κ1) is 13.9. The monoisotopic (exact) mass is 270 g/mol. The maximum Gasteiger partial charge on any atom is 0.237 e. The van der Waals surface area contributed by atoms with Gasteiger partial charge in [0.05, 0.1) is 6.54 Å². The third-order valence-corrected chi connectivity index (χ3v) is 2.90. The minimum Gasteiger partial charge on any atom is -0.399 e. The fourth-order valence-corrected chi connectivity index (χ4v) is 2.01. The first-order valence-corrected chi connectivity index (χ1v) is 6.35. The molecule has 1 aromatic heterocycles. The molecule has 1 heterocycles. The van der Waals surface area contributed by atoms with Crippen molar-refractivity contribution < 1.29 is 4.79 Å². The van der Waals surface area contributed by atoms with Gasteiger partial charge in [-0.25, -0.2) is 4.98 Å². The van der Waals surface area contributed by atoms with Gasteiger partial charge in [-0.3, -0.25) is 4.79 Å². The lowest BCUT2D eigenvalue weighted by Crippen LogP contribution is -2.34. The average Bonchev–Trinajstić information content (AvgIpc) is 2.37. The van der Waals surface area contributed by atoms with Crippen molar-refractivity contribution in [2.75, 3.05) is 17.2 Å². The Balaban J connectivity index is 2.26. The van der Waals surface area contributed by atoms with E-state index in [1.54, 1.807) is 6.20 Å². The number of aryl methyl sites for hydroxylation is 1. The summed E-state index contributed by atoms with van der Waals surface area (Å²) >= 11 is 0. The van der Waals surface area contributed by atoms with E-state index in [-0.39, 0.29) is 6.54 Å². The molecule has 20 heavy (non-hydrogen) atoms. The first-order valence-electron chi connectivity index (χ1n) is 6.35. The zero-order chi connectivity index (χ0) is 14.5. The molecule has 0 fully saturated rings. The Kier molecular flexibility index (Phi) is 4.20. The molecular formula is C15H18N4O. The van der Waals surface area contributed by atoms with Crippen LogP contribution in [0.4, 0.5) is 11.5 Å². The molecule has 0 bridgehead atoms. The van der Waals surface area contributed by atoms with Crippen LogP contribution in [0, 0.1) is 6.92 Å². The molecule has 5 nitrogen and oxygen atoms in total. The van der Waals surface area contributed by atoms with Crippen LogP contribution < -0.4 is 16.4 Å². The summed E-state index contributed by atoms with van der Waals surface area (Å²) in [6.45, 7) is 2.63. The quantitative estimate of drug-likeness (QED) is 0.805. The predicted molar refractivity (Wildman–Crippen MR) is 80.1 cm³/mol. The Bertz CT molecular complexity index is 612. The van der Waals surface area contributed by atoms with Gasteiger partial charge in [0.1, 0.15) is 5.82 Å². The highest BCUT2D eigenvalue weighted by Gasteiger charge is 2.12. The van der Waals surface area contributed by atoms with Crippen molar-refractivity contribution >= 4 is 17.4 Å². The molecule has 4 N–H and O–H groups in total. The Morgan fingerprint density at radius 2 is 2.10 bits per heavy atom. The fraction of sp³-hybridized carbons (Fsp3) is 0.200. The Morgan fingerprint density at radius 1 is 1.30 bits per heavy atom. The molecule has 0 unspecified atom stereocenters. The third kappa shape index (κ3) is 3.71. The van der Waals surface area contributed by atoms with Crippen molar-refractivity contribution in [2.45, 2.75) is 13.5 Å². The van der Waals surface area contributed by atoms with Gasteiger partial charge in [0, 0.05) is 18.4 Å². The molecule has 104 valence electrons. The Morgan fingerprint density at radius 3 is 2.75 bits per heavy atom. The predicted octanol–water partition coefficient (Wildman–Crippen LogP) is 1.46. The van der Waals surface area contributed by atoms with Crippen LogP contribution in [0.15, 0.2) is 42.6 Å². The number of nitrogens with zero attached hydrogens (tertiary/aromatic N) is 2. The van der Waals surface area contributed by atoms with Crippen molar-refractivity contribution in [1.29, 1.82) is 0 Å². The summed E-state index contributed by atoms with van der Waals surface area (Å²) in [5, 5.41) is 0. The molecule has 1 aromatic carbocycles. The molecule has 0 atom stereocenters. The van der Waals surface area contributed by atoms with E-state index in [1.165, 1.54) is 0 Å². The summed E-state index contributed by atoms with van der Waals surface area (Å²) < 4.78 is 0. The van der Waals surface area contributed by atoms with E-state index in [4.69, 9.17) is 11.5 Å². The molecule has 0 aliphatic heterocycles. The molecule has 0 saturated heterocycles. The molecule has 1 amide bonds. The van der Waals surface area contributed by atoms with E-state index >= 15 is 0 Å². The summed E-state index contributed by atoms with van der Waals surface area (Å²) in [7, 11) is 0. The number of carbonyl (C=O) groups excluding carboxylic acids is 1. The van der Waals surface area contributed by atoms with Gasteiger partial charge in [-0.1, -0.05) is 12.1 Å². The van der Waals surface area contributed by atoms with Crippen molar-refractivity contribution in [2.24, 2.45) is 5.73 Å². The van der Waals surface area contributed by atoms with Crippen molar-refractivity contribution in [1.82, 2.24) is 4.98 Å². The molecule has 0 radical (unpaired) electrons. The summed E-state index contributed by atoms with van der Waals surface area (Å²) in [6, 6.07) is 11.4. The number of primary amides is 1. The van der Waals surface area contributed by atoms with Gasteiger partial charge < -0.3 is 16.4 Å². The van der Waals surface area contributed by atoms with Gasteiger partial charge >= 0.3 is 0 Å². The smallest absolute Gasteiger partial charge is 0.237 e. The van der Waals surface area contributed by atoms with Crippen molar-refractivity contribution in [3.8, 4) is 0 Å². The van der Waals surface area contributed by atoms with E-state index < -0.39 is 5.91 Å². The maximum atomic E-state index is 11.3. The second-order valence-electron chi connectivity index (χ2n) is 4.76. The molecule has 2 aromatic rings. The van der Waals surface area contributed by atoms with Gasteiger partial charge in [-0.15, -0.1) is 0 Å². The molecule has 0 spiro atoms. The second kappa shape index (κ2) is 6.06. The van der Waals surface area contributed by atoms with Crippen LogP contribution in [-0.4, -0.2) is 17.4 Å². The number of rotatable bonds is 5. The minimum atomic E-state index is -0.391. The lowest BCUT2D eigenvalue weighted by molar-refractivity contribution is -0.116. The summed E-state index contributed by atoms with van der Waals surface area (Å²) in [5.41, 5.74) is 13.9. The van der Waals surface area contributed by atoms with Gasteiger partial charge in [0.25, 0.3) is 0 Å². The van der Waals surface area contributed by atoms with Gasteiger partial charge in [-0.2, -0.15) is 0 Å². The first-order chi connectivity index (χ1) is 9.54. The Hall–Kier alpha value is -2.56. The minimum absolute atomic E-state index is 0.116. The number of hydrogen-bond acceptors (Lipinski definition) is 4. The van der Waals surface area contributed by atoms with E-state index in [9.17, 15) is 4.79 Å². The third-order valence-electron chi connectivity index (χ3n) is 2.90. The topological polar surface area (TPSA) is 85.2 Å². The average molecular weight is 270 g/mol. The number of anilines is 2. The number of carbonyl (C=O) groups is 1. The number of aromatic nitrogens is 1. The van der Waals surface area contributed by atoms with Crippen LogP contribution in [0.2, 0.25) is 0 Å².